The van der Waals surface area contributed by atoms with Gasteiger partial charge in [0.15, 0.2) is 5.78 Å². The molecule has 0 N–H and O–H groups in total. The Morgan fingerprint density at radius 3 is 2.80 bits per heavy atom. The fraction of sp³-hybridized carbons (Fsp3) is 0.625. The molecule has 0 aromatic heterocycles. The minimum Gasteiger partial charge on any atom is -0.373 e. The quantitative estimate of drug-likeness (QED) is 0.546. The van der Waals surface area contributed by atoms with Crippen LogP contribution in [0.15, 0.2) is 12.2 Å². The van der Waals surface area contributed by atoms with E-state index in [1.165, 1.54) is 0 Å². The van der Waals surface area contributed by atoms with Crippen LogP contribution in [0.3, 0.4) is 0 Å². The molecule has 56 valence electrons. The molecule has 0 amide bonds. The van der Waals surface area contributed by atoms with Gasteiger partial charge < -0.3 is 4.74 Å². The Morgan fingerprint density at radius 2 is 2.40 bits per heavy atom. The number of ether oxygens (including phenoxy) is 1. The summed E-state index contributed by atoms with van der Waals surface area (Å²) < 4.78 is 5.01. The first kappa shape index (κ1) is 7.48. The predicted molar refractivity (Wildman–Crippen MR) is 38.7 cm³/mol. The van der Waals surface area contributed by atoms with Gasteiger partial charge in [-0.1, -0.05) is 13.0 Å². The van der Waals surface area contributed by atoms with Crippen molar-refractivity contribution in [3.63, 3.8) is 0 Å². The Balaban J connectivity index is 2.68. The van der Waals surface area contributed by atoms with Crippen LogP contribution in [-0.2, 0) is 9.53 Å². The van der Waals surface area contributed by atoms with Gasteiger partial charge in [0.05, 0.1) is 0 Å². The summed E-state index contributed by atoms with van der Waals surface area (Å²) in [6.07, 6.45) is 4.26. The number of rotatable bonds is 1. The van der Waals surface area contributed by atoms with Gasteiger partial charge >= 0.3 is 0 Å². The van der Waals surface area contributed by atoms with Gasteiger partial charge in [0.2, 0.25) is 0 Å². The maximum Gasteiger partial charge on any atom is 0.184 e. The Labute approximate surface area is 60.9 Å². The average Bonchev–Trinajstić information content (AvgIpc) is 1.88. The number of hydrogen-bond acceptors (Lipinski definition) is 2. The summed E-state index contributed by atoms with van der Waals surface area (Å²) in [5.74, 6) is 0.434. The van der Waals surface area contributed by atoms with E-state index in [0.29, 0.717) is 5.92 Å². The van der Waals surface area contributed by atoms with Gasteiger partial charge in [0.25, 0.3) is 0 Å². The summed E-state index contributed by atoms with van der Waals surface area (Å²) in [6, 6.07) is 0. The van der Waals surface area contributed by atoms with E-state index in [9.17, 15) is 4.79 Å². The van der Waals surface area contributed by atoms with Crippen molar-refractivity contribution >= 4 is 5.78 Å². The molecule has 0 saturated heterocycles. The van der Waals surface area contributed by atoms with Crippen LogP contribution in [0.2, 0.25) is 0 Å². The minimum atomic E-state index is -0.204. The third-order valence-corrected chi connectivity index (χ3v) is 1.84. The average molecular weight is 140 g/mol. The molecule has 2 atom stereocenters. The Morgan fingerprint density at radius 1 is 1.70 bits per heavy atom. The number of methoxy groups -OCH3 is 1. The van der Waals surface area contributed by atoms with Crippen molar-refractivity contribution in [2.24, 2.45) is 5.92 Å². The second kappa shape index (κ2) is 2.97. The van der Waals surface area contributed by atoms with Crippen molar-refractivity contribution in [2.45, 2.75) is 19.4 Å². The summed E-state index contributed by atoms with van der Waals surface area (Å²) in [5.41, 5.74) is 0. The van der Waals surface area contributed by atoms with Crippen LogP contribution in [0.4, 0.5) is 0 Å². The molecule has 10 heavy (non-hydrogen) atoms. The van der Waals surface area contributed by atoms with E-state index < -0.39 is 0 Å². The van der Waals surface area contributed by atoms with Gasteiger partial charge in [0, 0.05) is 7.11 Å². The highest BCUT2D eigenvalue weighted by atomic mass is 16.5. The molecule has 1 rings (SSSR count). The highest BCUT2D eigenvalue weighted by molar-refractivity contribution is 5.94. The standard InChI is InChI=1S/C8H12O2/c1-6-4-3-5-7(9)8(6)10-2/h3,5-6,8H,4H2,1-2H3. The molecule has 0 aromatic carbocycles. The first-order valence-electron chi connectivity index (χ1n) is 3.49. The molecule has 2 nitrogen and oxygen atoms in total. The minimum absolute atomic E-state index is 0.0984. The van der Waals surface area contributed by atoms with E-state index in [2.05, 4.69) is 0 Å². The lowest BCUT2D eigenvalue weighted by Gasteiger charge is -2.21. The Kier molecular flexibility index (Phi) is 2.22. The van der Waals surface area contributed by atoms with Crippen molar-refractivity contribution in [1.82, 2.24) is 0 Å². The molecular formula is C8H12O2. The Bertz CT molecular complexity index is 161. The first-order chi connectivity index (χ1) is 4.75. The van der Waals surface area contributed by atoms with E-state index in [-0.39, 0.29) is 11.9 Å². The van der Waals surface area contributed by atoms with Crippen LogP contribution in [0.1, 0.15) is 13.3 Å². The van der Waals surface area contributed by atoms with Crippen LogP contribution in [0.25, 0.3) is 0 Å². The highest BCUT2D eigenvalue weighted by Crippen LogP contribution is 2.17. The van der Waals surface area contributed by atoms with Gasteiger partial charge in [-0.3, -0.25) is 4.79 Å². The number of allylic oxidation sites excluding steroid dienone is 1. The van der Waals surface area contributed by atoms with Crippen LogP contribution < -0.4 is 0 Å². The van der Waals surface area contributed by atoms with E-state index in [0.717, 1.165) is 6.42 Å². The normalized spacial score (nSPS) is 32.8. The van der Waals surface area contributed by atoms with Crippen LogP contribution >= 0.6 is 0 Å². The van der Waals surface area contributed by atoms with Gasteiger partial charge in [-0.25, -0.2) is 0 Å². The maximum absolute atomic E-state index is 11.0. The van der Waals surface area contributed by atoms with Crippen LogP contribution in [-0.4, -0.2) is 19.0 Å². The zero-order chi connectivity index (χ0) is 7.56. The van der Waals surface area contributed by atoms with E-state index in [1.54, 1.807) is 13.2 Å². The highest BCUT2D eigenvalue weighted by Gasteiger charge is 2.24. The molecule has 0 aromatic rings. The smallest absolute Gasteiger partial charge is 0.184 e. The van der Waals surface area contributed by atoms with Gasteiger partial charge in [-0.15, -0.1) is 0 Å². The summed E-state index contributed by atoms with van der Waals surface area (Å²) in [5, 5.41) is 0. The van der Waals surface area contributed by atoms with Crippen molar-refractivity contribution in [3.05, 3.63) is 12.2 Å². The van der Waals surface area contributed by atoms with Crippen LogP contribution in [0.5, 0.6) is 0 Å². The molecule has 2 heteroatoms. The molecule has 0 fully saturated rings. The van der Waals surface area contributed by atoms with Gasteiger partial charge in [0.1, 0.15) is 6.10 Å². The number of hydrogen-bond donors (Lipinski definition) is 0. The predicted octanol–water partition coefficient (Wildman–Crippen LogP) is 1.17. The van der Waals surface area contributed by atoms with E-state index in [1.807, 2.05) is 13.0 Å². The largest absolute Gasteiger partial charge is 0.373 e. The molecule has 2 unspecified atom stereocenters. The van der Waals surface area contributed by atoms with Gasteiger partial charge in [-0.05, 0) is 18.4 Å². The first-order valence-corrected chi connectivity index (χ1v) is 3.49. The lowest BCUT2D eigenvalue weighted by molar-refractivity contribution is -0.127. The number of ketones is 1. The van der Waals surface area contributed by atoms with Crippen LogP contribution in [0, 0.1) is 5.92 Å². The third kappa shape index (κ3) is 1.27. The maximum atomic E-state index is 11.0. The number of carbonyl (C=O) groups excluding carboxylic acids is 1. The molecule has 0 bridgehead atoms. The van der Waals surface area contributed by atoms with Crippen molar-refractivity contribution in [3.8, 4) is 0 Å². The summed E-state index contributed by atoms with van der Waals surface area (Å²) >= 11 is 0. The molecule has 0 saturated carbocycles. The molecule has 0 heterocycles. The third-order valence-electron chi connectivity index (χ3n) is 1.84. The SMILES string of the molecule is COC1C(=O)C=CCC1C. The zero-order valence-corrected chi connectivity index (χ0v) is 6.33. The topological polar surface area (TPSA) is 26.3 Å². The molecule has 1 aliphatic rings. The molecule has 0 spiro atoms. The lowest BCUT2D eigenvalue weighted by atomic mass is 9.92. The molecule has 1 aliphatic carbocycles. The Hall–Kier alpha value is -0.630. The molecular weight excluding hydrogens is 128 g/mol. The van der Waals surface area contributed by atoms with Gasteiger partial charge in [-0.2, -0.15) is 0 Å². The summed E-state index contributed by atoms with van der Waals surface area (Å²) in [4.78, 5) is 11.0. The second-order valence-electron chi connectivity index (χ2n) is 2.67. The van der Waals surface area contributed by atoms with Crippen molar-refractivity contribution in [2.75, 3.05) is 7.11 Å². The second-order valence-corrected chi connectivity index (χ2v) is 2.67. The van der Waals surface area contributed by atoms with Crippen molar-refractivity contribution < 1.29 is 9.53 Å². The summed E-state index contributed by atoms with van der Waals surface area (Å²) in [7, 11) is 1.58. The van der Waals surface area contributed by atoms with E-state index >= 15 is 0 Å². The number of carbonyl (C=O) groups is 1. The fourth-order valence-corrected chi connectivity index (χ4v) is 1.25. The monoisotopic (exact) mass is 140 g/mol. The van der Waals surface area contributed by atoms with E-state index in [4.69, 9.17) is 4.74 Å². The molecule has 0 aliphatic heterocycles. The molecule has 0 radical (unpaired) electrons. The summed E-state index contributed by atoms with van der Waals surface area (Å²) in [6.45, 7) is 2.02. The lowest BCUT2D eigenvalue weighted by Crippen LogP contribution is -2.30. The zero-order valence-electron chi connectivity index (χ0n) is 6.33. The fourth-order valence-electron chi connectivity index (χ4n) is 1.25. The van der Waals surface area contributed by atoms with Crippen molar-refractivity contribution in [1.29, 1.82) is 0 Å².